The summed E-state index contributed by atoms with van der Waals surface area (Å²) in [4.78, 5) is 56.8. The molecule has 3 saturated heterocycles. The maximum absolute atomic E-state index is 13.0. The van der Waals surface area contributed by atoms with Gasteiger partial charge in [0.15, 0.2) is 11.6 Å². The minimum atomic E-state index is -2.93. The van der Waals surface area contributed by atoms with Crippen molar-refractivity contribution in [2.45, 2.75) is 57.7 Å². The van der Waals surface area contributed by atoms with Crippen molar-refractivity contribution < 1.29 is 32.1 Å². The molecule has 0 saturated carbocycles. The van der Waals surface area contributed by atoms with Gasteiger partial charge < -0.3 is 24.8 Å². The molecule has 3 aliphatic heterocycles. The number of amides is 3. The third kappa shape index (κ3) is 9.36. The lowest BCUT2D eigenvalue weighted by molar-refractivity contribution is -0.134. The molecule has 3 fully saturated rings. The van der Waals surface area contributed by atoms with Crippen LogP contribution in [0.2, 0.25) is 0 Å². The summed E-state index contributed by atoms with van der Waals surface area (Å²) in [6, 6.07) is 1.50. The standard InChI is InChI=1S/C31H44F2N10O5S/c1-21-17-25(40(3)24-5-6-26(45)37-29(24)46)28(39(2)20-44)38-27(21)42-14-12-41(13-15-42)9-4-16-49(47)43-10-7-22(8-11-43)36-31-34-18-23(19-35-31)48-30(32)33/h17-20,22,24,30H,4-16H2,1-3H3,(H,34,35,36)(H,37,45,46). The zero-order valence-electron chi connectivity index (χ0n) is 28.0. The van der Waals surface area contributed by atoms with Crippen LogP contribution in [0.1, 0.15) is 37.7 Å². The second-order valence-electron chi connectivity index (χ2n) is 12.4. The van der Waals surface area contributed by atoms with Gasteiger partial charge >= 0.3 is 6.61 Å². The van der Waals surface area contributed by atoms with Crippen molar-refractivity contribution in [3.8, 4) is 5.75 Å². The zero-order valence-corrected chi connectivity index (χ0v) is 28.8. The molecule has 2 N–H and O–H groups in total. The molecule has 2 atom stereocenters. The van der Waals surface area contributed by atoms with Crippen LogP contribution in [0, 0.1) is 6.92 Å². The predicted molar refractivity (Wildman–Crippen MR) is 181 cm³/mol. The smallest absolute Gasteiger partial charge is 0.387 e. The number of ether oxygens (including phenoxy) is 1. The molecule has 2 unspecified atom stereocenters. The van der Waals surface area contributed by atoms with Gasteiger partial charge in [0, 0.05) is 71.6 Å². The number of piperazine rings is 1. The molecule has 5 heterocycles. The van der Waals surface area contributed by atoms with Crippen LogP contribution in [-0.4, -0.2) is 131 Å². The average Bonchev–Trinajstić information content (AvgIpc) is 3.09. The Bertz CT molecular complexity index is 1490. The van der Waals surface area contributed by atoms with E-state index in [1.807, 2.05) is 17.3 Å². The van der Waals surface area contributed by atoms with Crippen LogP contribution in [0.5, 0.6) is 5.75 Å². The van der Waals surface area contributed by atoms with E-state index in [2.05, 4.69) is 35.1 Å². The summed E-state index contributed by atoms with van der Waals surface area (Å²) in [7, 11) is 2.33. The number of anilines is 4. The summed E-state index contributed by atoms with van der Waals surface area (Å²) in [5, 5.41) is 5.61. The number of aryl methyl sites for hydroxylation is 1. The number of imide groups is 1. The molecule has 3 aliphatic rings. The van der Waals surface area contributed by atoms with Crippen LogP contribution in [0.4, 0.5) is 32.1 Å². The Hall–Kier alpha value is -4.03. The highest BCUT2D eigenvalue weighted by molar-refractivity contribution is 7.82. The van der Waals surface area contributed by atoms with Crippen LogP contribution >= 0.6 is 0 Å². The topological polar surface area (TPSA) is 156 Å². The molecular formula is C31H44F2N10O5S. The van der Waals surface area contributed by atoms with Crippen molar-refractivity contribution in [1.29, 1.82) is 0 Å². The fourth-order valence-corrected chi connectivity index (χ4v) is 7.61. The second kappa shape index (κ2) is 16.6. The van der Waals surface area contributed by atoms with E-state index in [9.17, 15) is 27.4 Å². The summed E-state index contributed by atoms with van der Waals surface area (Å²) in [6.07, 6.45) is 6.07. The molecule has 15 nitrogen and oxygen atoms in total. The third-order valence-electron chi connectivity index (χ3n) is 9.09. The average molecular weight is 707 g/mol. The summed E-state index contributed by atoms with van der Waals surface area (Å²) in [6.45, 7) is 4.35. The van der Waals surface area contributed by atoms with Crippen molar-refractivity contribution in [2.75, 3.05) is 85.7 Å². The minimum absolute atomic E-state index is 0.0965. The maximum atomic E-state index is 13.0. The Morgan fingerprint density at radius 1 is 1.10 bits per heavy atom. The lowest BCUT2D eigenvalue weighted by atomic mass is 10.0. The number of nitrogens with one attached hydrogen (secondary N) is 2. The van der Waals surface area contributed by atoms with Crippen LogP contribution in [0.3, 0.4) is 0 Å². The molecule has 2 aromatic heterocycles. The number of nitrogens with zero attached hydrogens (tertiary/aromatic N) is 8. The normalized spacial score (nSPS) is 20.2. The van der Waals surface area contributed by atoms with Gasteiger partial charge in [0.2, 0.25) is 24.2 Å². The largest absolute Gasteiger partial charge is 0.432 e. The van der Waals surface area contributed by atoms with Crippen LogP contribution in [0.15, 0.2) is 18.5 Å². The maximum Gasteiger partial charge on any atom is 0.387 e. The molecule has 18 heteroatoms. The number of hydrogen-bond donors (Lipinski definition) is 2. The van der Waals surface area contributed by atoms with E-state index in [1.165, 1.54) is 17.3 Å². The van der Waals surface area contributed by atoms with Gasteiger partial charge in [0.05, 0.1) is 29.1 Å². The molecule has 3 amide bonds. The summed E-state index contributed by atoms with van der Waals surface area (Å²) < 4.78 is 44.0. The highest BCUT2D eigenvalue weighted by Gasteiger charge is 2.33. The Balaban J connectivity index is 1.06. The first-order valence-corrected chi connectivity index (χ1v) is 17.7. The number of hydrogen-bond acceptors (Lipinski definition) is 12. The Labute approximate surface area is 286 Å². The van der Waals surface area contributed by atoms with Crippen LogP contribution < -0.4 is 30.1 Å². The van der Waals surface area contributed by atoms with Gasteiger partial charge in [0.1, 0.15) is 11.9 Å². The Kier molecular flexibility index (Phi) is 12.3. The molecule has 0 radical (unpaired) electrons. The van der Waals surface area contributed by atoms with Gasteiger partial charge in [-0.05, 0) is 50.8 Å². The van der Waals surface area contributed by atoms with E-state index in [1.54, 1.807) is 19.0 Å². The zero-order chi connectivity index (χ0) is 35.1. The van der Waals surface area contributed by atoms with Crippen LogP contribution in [-0.2, 0) is 25.4 Å². The lowest BCUT2D eigenvalue weighted by Gasteiger charge is -2.38. The van der Waals surface area contributed by atoms with Gasteiger partial charge in [-0.3, -0.25) is 24.6 Å². The summed E-state index contributed by atoms with van der Waals surface area (Å²) in [5.41, 5.74) is 1.56. The van der Waals surface area contributed by atoms with Gasteiger partial charge in [0.25, 0.3) is 0 Å². The fraction of sp³-hybridized carbons (Fsp3) is 0.613. The molecule has 0 aliphatic carbocycles. The van der Waals surface area contributed by atoms with Gasteiger partial charge in [-0.1, -0.05) is 0 Å². The molecule has 268 valence electrons. The minimum Gasteiger partial charge on any atom is -0.432 e. The summed E-state index contributed by atoms with van der Waals surface area (Å²) in [5.74, 6) is 1.41. The van der Waals surface area contributed by atoms with Crippen molar-refractivity contribution in [2.24, 2.45) is 0 Å². The number of aromatic nitrogens is 3. The number of pyridine rings is 1. The first kappa shape index (κ1) is 36.3. The lowest BCUT2D eigenvalue weighted by Crippen LogP contribution is -2.51. The van der Waals surface area contributed by atoms with Crippen molar-refractivity contribution in [3.05, 3.63) is 24.0 Å². The van der Waals surface area contributed by atoms with Gasteiger partial charge in [-0.15, -0.1) is 0 Å². The quantitative estimate of drug-likeness (QED) is 0.215. The third-order valence-corrected chi connectivity index (χ3v) is 10.7. The molecule has 0 spiro atoms. The second-order valence-corrected chi connectivity index (χ2v) is 14.0. The van der Waals surface area contributed by atoms with Crippen molar-refractivity contribution in [3.63, 3.8) is 0 Å². The number of alkyl halides is 2. The first-order chi connectivity index (χ1) is 23.5. The van der Waals surface area contributed by atoms with Crippen LogP contribution in [0.25, 0.3) is 0 Å². The van der Waals surface area contributed by atoms with Gasteiger partial charge in [-0.2, -0.15) is 8.78 Å². The van der Waals surface area contributed by atoms with E-state index in [-0.39, 0.29) is 30.0 Å². The Morgan fingerprint density at radius 2 is 1.80 bits per heavy atom. The number of piperidine rings is 2. The first-order valence-electron chi connectivity index (χ1n) is 16.4. The molecule has 49 heavy (non-hydrogen) atoms. The van der Waals surface area contributed by atoms with Crippen molar-refractivity contribution in [1.82, 2.24) is 29.5 Å². The van der Waals surface area contributed by atoms with E-state index < -0.39 is 23.6 Å². The molecular weight excluding hydrogens is 662 g/mol. The van der Waals surface area contributed by atoms with Crippen molar-refractivity contribution >= 4 is 52.5 Å². The highest BCUT2D eigenvalue weighted by Crippen LogP contribution is 2.34. The van der Waals surface area contributed by atoms with E-state index in [0.717, 1.165) is 63.4 Å². The van der Waals surface area contributed by atoms with E-state index in [0.29, 0.717) is 49.1 Å². The predicted octanol–water partition coefficient (Wildman–Crippen LogP) is 1.37. The molecule has 0 bridgehead atoms. The van der Waals surface area contributed by atoms with Gasteiger partial charge in [-0.25, -0.2) is 23.5 Å². The Morgan fingerprint density at radius 3 is 2.43 bits per heavy atom. The number of rotatable bonds is 14. The molecule has 2 aromatic rings. The SMILES string of the molecule is Cc1cc(N(C)C2CCC(=O)NC2=O)c(N(C)C=O)nc1N1CCN(CCCS(=O)N2CCC(Nc3ncc(OC(F)F)cn3)CC2)CC1. The summed E-state index contributed by atoms with van der Waals surface area (Å²) >= 11 is 0. The number of carbonyl (C=O) groups excluding carboxylic acids is 3. The fourth-order valence-electron chi connectivity index (χ4n) is 6.35. The van der Waals surface area contributed by atoms with E-state index in [4.69, 9.17) is 4.98 Å². The molecule has 0 aromatic carbocycles. The monoisotopic (exact) mass is 706 g/mol. The molecule has 5 rings (SSSR count). The van der Waals surface area contributed by atoms with E-state index >= 15 is 0 Å². The number of carbonyl (C=O) groups is 3. The number of halogens is 2. The number of likely N-dealkylation sites (N-methyl/N-ethyl adjacent to an activating group) is 1. The highest BCUT2D eigenvalue weighted by atomic mass is 32.2.